The van der Waals surface area contributed by atoms with Crippen LogP contribution in [0.5, 0.6) is 0 Å². The molecule has 0 saturated carbocycles. The number of carbonyl (C=O) groups is 2. The number of benzene rings is 4. The van der Waals surface area contributed by atoms with E-state index in [9.17, 15) is 0 Å². The van der Waals surface area contributed by atoms with Crippen LogP contribution in [0.25, 0.3) is 79.2 Å². The van der Waals surface area contributed by atoms with Crippen LogP contribution in [-0.4, -0.2) is 31.9 Å². The summed E-state index contributed by atoms with van der Waals surface area (Å²) in [5.41, 5.74) is 16.3. The van der Waals surface area contributed by atoms with Gasteiger partial charge in [0.15, 0.2) is 0 Å². The van der Waals surface area contributed by atoms with Crippen LogP contribution in [0.2, 0.25) is 0 Å². The fourth-order valence-corrected chi connectivity index (χ4v) is 6.78. The summed E-state index contributed by atoms with van der Waals surface area (Å²) in [6.45, 7) is 1.94. The molecule has 0 saturated heterocycles. The van der Waals surface area contributed by atoms with Crippen molar-refractivity contribution >= 4 is 57.8 Å². The summed E-state index contributed by atoms with van der Waals surface area (Å²) in [6.07, 6.45) is 6.35. The molecule has 2 N–H and O–H groups in total. The maximum atomic E-state index is 8.89. The van der Waals surface area contributed by atoms with Gasteiger partial charge < -0.3 is 29.8 Å². The van der Waals surface area contributed by atoms with Gasteiger partial charge in [-0.05, 0) is 84.7 Å². The van der Waals surface area contributed by atoms with E-state index in [-0.39, 0.29) is 16.8 Å². The summed E-state index contributed by atoms with van der Waals surface area (Å²) in [5.74, 6) is -2.17. The Morgan fingerprint density at radius 3 is 1.42 bits per heavy atom. The van der Waals surface area contributed by atoms with Crippen molar-refractivity contribution < 1.29 is 36.6 Å². The number of nitrogens with zero attached hydrogens (tertiary/aromatic N) is 2. The van der Waals surface area contributed by atoms with E-state index in [1.165, 1.54) is 0 Å². The predicted octanol–water partition coefficient (Wildman–Crippen LogP) is 8.59. The van der Waals surface area contributed by atoms with Crippen molar-refractivity contribution in [2.24, 2.45) is 0 Å². The summed E-state index contributed by atoms with van der Waals surface area (Å²) in [7, 11) is 0. The number of H-pyrrole nitrogens is 2. The molecule has 2 aliphatic heterocycles. The minimum Gasteiger partial charge on any atom is -0.550 e. The number of aromatic nitrogens is 4. The van der Waals surface area contributed by atoms with Crippen molar-refractivity contribution in [3.05, 3.63) is 180 Å². The molecule has 5 heterocycles. The van der Waals surface area contributed by atoms with Crippen LogP contribution in [0.15, 0.2) is 152 Å². The van der Waals surface area contributed by atoms with Crippen molar-refractivity contribution in [1.29, 1.82) is 0 Å². The average Bonchev–Trinajstić information content (AvgIpc) is 4.00. The van der Waals surface area contributed by atoms with Gasteiger partial charge in [-0.15, -0.1) is 0 Å². The molecule has 8 nitrogen and oxygen atoms in total. The topological polar surface area (TPSA) is 138 Å². The van der Waals surface area contributed by atoms with Crippen molar-refractivity contribution in [3.63, 3.8) is 0 Å². The predicted molar refractivity (Wildman–Crippen MR) is 221 cm³/mol. The Morgan fingerprint density at radius 1 is 0.491 bits per heavy atom. The third kappa shape index (κ3) is 9.42. The molecular formula is C48H36CoN4O4. The second-order valence-corrected chi connectivity index (χ2v) is 13.0. The molecular weight excluding hydrogens is 755 g/mol. The first kappa shape index (κ1) is 39.6. The van der Waals surface area contributed by atoms with Gasteiger partial charge in [0.25, 0.3) is 0 Å². The number of aromatic amines is 2. The SMILES string of the molecule is C1=Cc2cc3[nH]c(c(-c4ccccc4)c4nc(cc5ccc(cc1n2)[nH]5)C=C4c1ccccc1)c(-c1ccccc1)c3-c1ccccc1.CC(=O)[O-].CC(=O)[O-].[Co+2]. The maximum absolute atomic E-state index is 8.89. The minimum absolute atomic E-state index is 0. The summed E-state index contributed by atoms with van der Waals surface area (Å²) >= 11 is 0. The second kappa shape index (κ2) is 18.0. The van der Waals surface area contributed by atoms with Gasteiger partial charge in [0.05, 0.1) is 28.3 Å². The van der Waals surface area contributed by atoms with Crippen molar-refractivity contribution in [3.8, 4) is 33.4 Å². The van der Waals surface area contributed by atoms with Crippen LogP contribution < -0.4 is 10.2 Å². The summed E-state index contributed by atoms with van der Waals surface area (Å²) in [6, 6.07) is 53.0. The zero-order chi connectivity index (χ0) is 39.0. The standard InChI is InChI=1S/C44H30N4.2C2H4O2.Co/c1-5-13-29(14-6-1)38-27-37-26-35-22-21-33(45-35)25-34-23-24-36(46-34)28-39-40(30-15-7-2-8-16-30)41(31-17-9-3-10-18-31)44(48-39)42(43(38)47-37)32-19-11-4-12-20-32;2*1-2(3)4;/h1-28,45,48H;2*1H3,(H,3,4);/q;;;+2/p-2. The van der Waals surface area contributed by atoms with E-state index in [1.807, 2.05) is 0 Å². The van der Waals surface area contributed by atoms with Gasteiger partial charge in [-0.25, -0.2) is 9.97 Å². The van der Waals surface area contributed by atoms with E-state index in [1.54, 1.807) is 0 Å². The van der Waals surface area contributed by atoms with Gasteiger partial charge in [-0.1, -0.05) is 121 Å². The molecule has 0 unspecified atom stereocenters. The Bertz CT molecular complexity index is 2740. The van der Waals surface area contributed by atoms with Gasteiger partial charge in [-0.2, -0.15) is 0 Å². The van der Waals surface area contributed by atoms with E-state index < -0.39 is 11.9 Å². The number of fused-ring (bicyclic) bond motifs is 8. The molecule has 57 heavy (non-hydrogen) atoms. The van der Waals surface area contributed by atoms with E-state index in [2.05, 4.69) is 180 Å². The van der Waals surface area contributed by atoms with Gasteiger partial charge in [0.1, 0.15) is 0 Å². The third-order valence-electron chi connectivity index (χ3n) is 8.89. The van der Waals surface area contributed by atoms with Crippen LogP contribution in [0.3, 0.4) is 0 Å². The Morgan fingerprint density at radius 2 is 0.912 bits per heavy atom. The largest absolute Gasteiger partial charge is 2.00 e. The van der Waals surface area contributed by atoms with Crippen LogP contribution >= 0.6 is 0 Å². The first-order valence-electron chi connectivity index (χ1n) is 18.0. The normalized spacial score (nSPS) is 11.2. The van der Waals surface area contributed by atoms with Gasteiger partial charge in [0, 0.05) is 50.8 Å². The molecule has 0 fully saturated rings. The average molecular weight is 792 g/mol. The van der Waals surface area contributed by atoms with Crippen LogP contribution in [-0.2, 0) is 26.4 Å². The number of hydrogen-bond acceptors (Lipinski definition) is 6. The maximum Gasteiger partial charge on any atom is 2.00 e. The molecule has 0 aliphatic carbocycles. The summed E-state index contributed by atoms with van der Waals surface area (Å²) < 4.78 is 0. The number of carboxylic acids is 2. The molecule has 9 heteroatoms. The first-order valence-corrected chi connectivity index (χ1v) is 18.0. The van der Waals surface area contributed by atoms with Crippen molar-refractivity contribution in [2.45, 2.75) is 13.8 Å². The smallest absolute Gasteiger partial charge is 0.550 e. The molecule has 7 aromatic rings. The fraction of sp³-hybridized carbons (Fsp3) is 0.0417. The Kier molecular flexibility index (Phi) is 12.5. The van der Waals surface area contributed by atoms with Gasteiger partial charge >= 0.3 is 16.8 Å². The number of carboxylic acid groups (broad SMARTS) is 2. The summed E-state index contributed by atoms with van der Waals surface area (Å²) in [5, 5.41) is 17.8. The van der Waals surface area contributed by atoms with Crippen molar-refractivity contribution in [2.75, 3.05) is 0 Å². The van der Waals surface area contributed by atoms with Crippen LogP contribution in [0.1, 0.15) is 42.2 Å². The van der Waals surface area contributed by atoms with E-state index in [0.29, 0.717) is 0 Å². The molecule has 1 radical (unpaired) electrons. The number of hydrogen-bond donors (Lipinski definition) is 2. The molecule has 9 rings (SSSR count). The quantitative estimate of drug-likeness (QED) is 0.183. The van der Waals surface area contributed by atoms with Gasteiger partial charge in [0.2, 0.25) is 0 Å². The van der Waals surface area contributed by atoms with Crippen LogP contribution in [0, 0.1) is 0 Å². The van der Waals surface area contributed by atoms with E-state index in [0.717, 1.165) is 103 Å². The number of rotatable bonds is 4. The fourth-order valence-electron chi connectivity index (χ4n) is 6.78. The molecule has 3 aromatic heterocycles. The monoisotopic (exact) mass is 791 g/mol. The van der Waals surface area contributed by atoms with Gasteiger partial charge in [-0.3, -0.25) is 0 Å². The Labute approximate surface area is 340 Å². The Hall–Kier alpha value is -7.07. The molecule has 4 aromatic carbocycles. The van der Waals surface area contributed by atoms with Crippen LogP contribution in [0.4, 0.5) is 0 Å². The molecule has 0 spiro atoms. The zero-order valence-electron chi connectivity index (χ0n) is 31.0. The van der Waals surface area contributed by atoms with Crippen molar-refractivity contribution in [1.82, 2.24) is 19.9 Å². The molecule has 8 bridgehead atoms. The molecule has 0 amide bonds. The number of nitrogens with one attached hydrogen (secondary N) is 2. The third-order valence-corrected chi connectivity index (χ3v) is 8.89. The Balaban J connectivity index is 0.000000561. The number of carbonyl (C=O) groups excluding carboxylic acids is 2. The minimum atomic E-state index is -1.08. The summed E-state index contributed by atoms with van der Waals surface area (Å²) in [4.78, 5) is 35.7. The molecule has 2 aliphatic rings. The first-order chi connectivity index (χ1) is 27.2. The molecule has 0 atom stereocenters. The zero-order valence-corrected chi connectivity index (χ0v) is 32.1. The van der Waals surface area contributed by atoms with E-state index in [4.69, 9.17) is 29.8 Å². The number of aliphatic carboxylic acids is 2. The second-order valence-electron chi connectivity index (χ2n) is 13.0. The molecule has 281 valence electrons. The van der Waals surface area contributed by atoms with E-state index >= 15 is 0 Å².